The molecule has 1 aromatic carbocycles. The second kappa shape index (κ2) is 5.31. The van der Waals surface area contributed by atoms with Crippen LogP contribution in [0.15, 0.2) is 30.6 Å². The van der Waals surface area contributed by atoms with Crippen LogP contribution in [0.5, 0.6) is 0 Å². The summed E-state index contributed by atoms with van der Waals surface area (Å²) in [6.07, 6.45) is 3.46. The maximum absolute atomic E-state index is 13.4. The molecule has 21 heavy (non-hydrogen) atoms. The lowest BCUT2D eigenvalue weighted by Crippen LogP contribution is -2.34. The van der Waals surface area contributed by atoms with Crippen molar-refractivity contribution in [3.05, 3.63) is 42.0 Å². The number of benzene rings is 1. The number of rotatable bonds is 2. The van der Waals surface area contributed by atoms with Gasteiger partial charge in [0.15, 0.2) is 0 Å². The molecule has 1 aromatic heterocycles. The maximum Gasteiger partial charge on any atom is 0.138 e. The molecule has 0 saturated carbocycles. The molecule has 1 aliphatic heterocycles. The van der Waals surface area contributed by atoms with Crippen molar-refractivity contribution in [2.24, 2.45) is 0 Å². The van der Waals surface area contributed by atoms with Crippen LogP contribution >= 0.6 is 0 Å². The number of hydrogen-bond donors (Lipinski definition) is 0. The van der Waals surface area contributed by atoms with E-state index in [2.05, 4.69) is 21.8 Å². The third kappa shape index (κ3) is 2.55. The monoisotopic (exact) mass is 286 g/mol. The van der Waals surface area contributed by atoms with Crippen molar-refractivity contribution in [1.29, 1.82) is 0 Å². The molecular weight excluding hydrogens is 267 g/mol. The number of halogens is 1. The van der Waals surface area contributed by atoms with Gasteiger partial charge in [0.05, 0.1) is 0 Å². The van der Waals surface area contributed by atoms with Crippen LogP contribution < -0.4 is 9.80 Å². The highest BCUT2D eigenvalue weighted by Gasteiger charge is 2.26. The van der Waals surface area contributed by atoms with Gasteiger partial charge in [-0.2, -0.15) is 0 Å². The average Bonchev–Trinajstić information content (AvgIpc) is 2.47. The predicted octanol–water partition coefficient (Wildman–Crippen LogP) is 3.15. The molecule has 0 fully saturated rings. The fraction of sp³-hybridized carbons (Fsp3) is 0.375. The Bertz CT molecular complexity index is 656. The minimum absolute atomic E-state index is 0.181. The van der Waals surface area contributed by atoms with E-state index in [4.69, 9.17) is 0 Å². The summed E-state index contributed by atoms with van der Waals surface area (Å²) in [4.78, 5) is 12.8. The van der Waals surface area contributed by atoms with E-state index < -0.39 is 0 Å². The van der Waals surface area contributed by atoms with Gasteiger partial charge in [-0.05, 0) is 43.5 Å². The number of hydrogen-bond acceptors (Lipinski definition) is 4. The van der Waals surface area contributed by atoms with Gasteiger partial charge in [0.1, 0.15) is 23.8 Å². The minimum atomic E-state index is -0.181. The van der Waals surface area contributed by atoms with Crippen molar-refractivity contribution in [3.63, 3.8) is 0 Å². The summed E-state index contributed by atoms with van der Waals surface area (Å²) in [7, 11) is 3.91. The van der Waals surface area contributed by atoms with E-state index >= 15 is 0 Å². The molecule has 5 heteroatoms. The molecule has 1 aliphatic rings. The lowest BCUT2D eigenvalue weighted by atomic mass is 9.96. The summed E-state index contributed by atoms with van der Waals surface area (Å²) in [6, 6.07) is 7.28. The first-order valence-electron chi connectivity index (χ1n) is 7.13. The molecule has 0 amide bonds. The van der Waals surface area contributed by atoms with E-state index in [1.54, 1.807) is 12.4 Å². The van der Waals surface area contributed by atoms with Gasteiger partial charge in [-0.3, -0.25) is 0 Å². The Morgan fingerprint density at radius 2 is 2.05 bits per heavy atom. The molecule has 0 aliphatic carbocycles. The topological polar surface area (TPSA) is 32.3 Å². The second-order valence-corrected chi connectivity index (χ2v) is 5.66. The molecule has 1 unspecified atom stereocenters. The molecule has 4 nitrogen and oxygen atoms in total. The van der Waals surface area contributed by atoms with Crippen molar-refractivity contribution in [3.8, 4) is 0 Å². The van der Waals surface area contributed by atoms with Crippen LogP contribution in [0, 0.1) is 5.82 Å². The molecule has 0 N–H and O–H groups in total. The quantitative estimate of drug-likeness (QED) is 0.849. The molecule has 0 spiro atoms. The standard InChI is InChI=1S/C16H19FN4/c1-11-4-5-12-8-13(17)6-7-14(12)21(11)16-9-15(20(2)3)18-10-19-16/h6-11H,4-5H2,1-3H3. The SMILES string of the molecule is CC1CCc2cc(F)ccc2N1c1cc(N(C)C)ncn1. The first-order valence-corrected chi connectivity index (χ1v) is 7.13. The zero-order valence-corrected chi connectivity index (χ0v) is 12.5. The Labute approximate surface area is 124 Å². The van der Waals surface area contributed by atoms with Gasteiger partial charge in [-0.15, -0.1) is 0 Å². The van der Waals surface area contributed by atoms with Gasteiger partial charge in [0.25, 0.3) is 0 Å². The first kappa shape index (κ1) is 13.8. The van der Waals surface area contributed by atoms with Crippen LogP contribution in [0.25, 0.3) is 0 Å². The highest BCUT2D eigenvalue weighted by atomic mass is 19.1. The Balaban J connectivity index is 2.07. The Kier molecular flexibility index (Phi) is 3.49. The first-order chi connectivity index (χ1) is 10.1. The van der Waals surface area contributed by atoms with E-state index in [0.717, 1.165) is 35.7 Å². The van der Waals surface area contributed by atoms with Gasteiger partial charge in [0.2, 0.25) is 0 Å². The molecule has 110 valence electrons. The van der Waals surface area contributed by atoms with Crippen molar-refractivity contribution in [1.82, 2.24) is 9.97 Å². The summed E-state index contributed by atoms with van der Waals surface area (Å²) >= 11 is 0. The Morgan fingerprint density at radius 3 is 2.81 bits per heavy atom. The molecule has 0 bridgehead atoms. The zero-order chi connectivity index (χ0) is 15.0. The molecule has 0 radical (unpaired) electrons. The van der Waals surface area contributed by atoms with Crippen molar-refractivity contribution >= 4 is 17.3 Å². The van der Waals surface area contributed by atoms with E-state index in [1.807, 2.05) is 31.1 Å². The maximum atomic E-state index is 13.4. The fourth-order valence-corrected chi connectivity index (χ4v) is 2.78. The normalized spacial score (nSPS) is 17.5. The van der Waals surface area contributed by atoms with Crippen molar-refractivity contribution < 1.29 is 4.39 Å². The number of anilines is 3. The number of aryl methyl sites for hydroxylation is 1. The van der Waals surface area contributed by atoms with E-state index in [0.29, 0.717) is 6.04 Å². The van der Waals surface area contributed by atoms with Gasteiger partial charge in [-0.1, -0.05) is 0 Å². The van der Waals surface area contributed by atoms with E-state index in [9.17, 15) is 4.39 Å². The second-order valence-electron chi connectivity index (χ2n) is 5.66. The van der Waals surface area contributed by atoms with E-state index in [1.165, 1.54) is 6.07 Å². The van der Waals surface area contributed by atoms with Crippen LogP contribution in [0.1, 0.15) is 18.9 Å². The predicted molar refractivity (Wildman–Crippen MR) is 82.7 cm³/mol. The summed E-state index contributed by atoms with van der Waals surface area (Å²) in [5, 5.41) is 0. The molecule has 1 atom stereocenters. The molecule has 2 aromatic rings. The molecular formula is C16H19FN4. The molecule has 2 heterocycles. The largest absolute Gasteiger partial charge is 0.363 e. The lowest BCUT2D eigenvalue weighted by molar-refractivity contribution is 0.595. The summed E-state index contributed by atoms with van der Waals surface area (Å²) < 4.78 is 13.4. The van der Waals surface area contributed by atoms with Gasteiger partial charge in [0, 0.05) is 31.9 Å². The summed E-state index contributed by atoms with van der Waals surface area (Å²) in [6.45, 7) is 2.17. The Hall–Kier alpha value is -2.17. The number of aromatic nitrogens is 2. The van der Waals surface area contributed by atoms with Crippen LogP contribution in [-0.2, 0) is 6.42 Å². The van der Waals surface area contributed by atoms with Crippen LogP contribution in [0.4, 0.5) is 21.7 Å². The van der Waals surface area contributed by atoms with Crippen LogP contribution in [0.2, 0.25) is 0 Å². The zero-order valence-electron chi connectivity index (χ0n) is 12.5. The smallest absolute Gasteiger partial charge is 0.138 e. The van der Waals surface area contributed by atoms with Crippen molar-refractivity contribution in [2.45, 2.75) is 25.8 Å². The van der Waals surface area contributed by atoms with Gasteiger partial charge >= 0.3 is 0 Å². The van der Waals surface area contributed by atoms with Crippen LogP contribution in [0.3, 0.4) is 0 Å². The molecule has 0 saturated heterocycles. The van der Waals surface area contributed by atoms with Crippen molar-refractivity contribution in [2.75, 3.05) is 23.9 Å². The highest BCUT2D eigenvalue weighted by molar-refractivity contribution is 5.68. The Morgan fingerprint density at radius 1 is 1.24 bits per heavy atom. The highest BCUT2D eigenvalue weighted by Crippen LogP contribution is 2.36. The third-order valence-corrected chi connectivity index (χ3v) is 3.92. The average molecular weight is 286 g/mol. The lowest BCUT2D eigenvalue weighted by Gasteiger charge is -2.36. The molecule has 3 rings (SSSR count). The summed E-state index contributed by atoms with van der Waals surface area (Å²) in [5.41, 5.74) is 2.08. The van der Waals surface area contributed by atoms with Crippen LogP contribution in [-0.4, -0.2) is 30.1 Å². The number of fused-ring (bicyclic) bond motifs is 1. The minimum Gasteiger partial charge on any atom is -0.363 e. The summed E-state index contributed by atoms with van der Waals surface area (Å²) in [5.74, 6) is 1.54. The van der Waals surface area contributed by atoms with Gasteiger partial charge < -0.3 is 9.80 Å². The van der Waals surface area contributed by atoms with Gasteiger partial charge in [-0.25, -0.2) is 14.4 Å². The fourth-order valence-electron chi connectivity index (χ4n) is 2.78. The number of nitrogens with zero attached hydrogens (tertiary/aromatic N) is 4. The van der Waals surface area contributed by atoms with E-state index in [-0.39, 0.29) is 5.82 Å². The third-order valence-electron chi connectivity index (χ3n) is 3.92.